The number of sulfonamides is 1. The van der Waals surface area contributed by atoms with E-state index in [9.17, 15) is 13.2 Å². The molecule has 0 fully saturated rings. The van der Waals surface area contributed by atoms with E-state index in [2.05, 4.69) is 10.3 Å². The zero-order chi connectivity index (χ0) is 19.3. The van der Waals surface area contributed by atoms with Gasteiger partial charge in [-0.2, -0.15) is 0 Å². The number of carbonyl (C=O) groups excluding carboxylic acids is 1. The van der Waals surface area contributed by atoms with Crippen LogP contribution >= 0.6 is 11.3 Å². The molecule has 1 aliphatic rings. The van der Waals surface area contributed by atoms with E-state index in [-0.39, 0.29) is 23.9 Å². The molecule has 0 radical (unpaired) electrons. The lowest BCUT2D eigenvalue weighted by Gasteiger charge is -2.18. The van der Waals surface area contributed by atoms with E-state index in [1.165, 1.54) is 15.6 Å². The highest BCUT2D eigenvalue weighted by molar-refractivity contribution is 7.93. The molecule has 0 saturated carbocycles. The number of amides is 1. The summed E-state index contributed by atoms with van der Waals surface area (Å²) in [6.07, 6.45) is 0. The molecule has 0 bridgehead atoms. The van der Waals surface area contributed by atoms with Crippen molar-refractivity contribution in [1.82, 2.24) is 10.3 Å². The summed E-state index contributed by atoms with van der Waals surface area (Å²) in [4.78, 5) is 17.2. The van der Waals surface area contributed by atoms with Gasteiger partial charge in [0.1, 0.15) is 11.6 Å². The third-order valence-electron chi connectivity index (χ3n) is 4.74. The Morgan fingerprint density at radius 2 is 1.82 bits per heavy atom. The number of para-hydroxylation sites is 1. The average Bonchev–Trinajstić information content (AvgIpc) is 3.20. The fourth-order valence-electron chi connectivity index (χ4n) is 3.48. The smallest absolute Gasteiger partial charge is 0.265 e. The number of hydrogen-bond acceptors (Lipinski definition) is 5. The maximum atomic E-state index is 12.9. The molecule has 1 amide bonds. The first-order chi connectivity index (χ1) is 13.5. The van der Waals surface area contributed by atoms with Crippen molar-refractivity contribution in [3.8, 4) is 0 Å². The number of nitrogens with zero attached hydrogens (tertiary/aromatic N) is 2. The number of benzene rings is 3. The number of nitrogens with one attached hydrogen (secondary N) is 1. The van der Waals surface area contributed by atoms with E-state index in [1.54, 1.807) is 24.3 Å². The summed E-state index contributed by atoms with van der Waals surface area (Å²) in [6, 6.07) is 18.3. The van der Waals surface area contributed by atoms with Gasteiger partial charge in [0.05, 0.1) is 27.3 Å². The largest absolute Gasteiger partial charge is 0.348 e. The Morgan fingerprint density at radius 3 is 2.64 bits per heavy atom. The molecule has 6 nitrogen and oxygen atoms in total. The van der Waals surface area contributed by atoms with Crippen LogP contribution in [0.3, 0.4) is 0 Å². The number of anilines is 1. The lowest BCUT2D eigenvalue weighted by atomic mass is 10.1. The molecule has 0 spiro atoms. The molecular formula is C20H15N3O3S2. The standard InChI is InChI=1S/C20H15N3O3S2/c24-18(21-11-19-22-14-7-1-2-9-16(14)27-19)12-23-15-8-3-5-13-6-4-10-17(20(13)15)28(23,25)26/h1-10H,11-12H2,(H,21,24). The molecule has 140 valence electrons. The lowest BCUT2D eigenvalue weighted by Crippen LogP contribution is -2.38. The summed E-state index contributed by atoms with van der Waals surface area (Å²) < 4.78 is 28.1. The third kappa shape index (κ3) is 2.64. The number of hydrogen-bond donors (Lipinski definition) is 1. The Hall–Kier alpha value is -2.97. The summed E-state index contributed by atoms with van der Waals surface area (Å²) in [5, 5.41) is 5.08. The molecule has 1 aliphatic heterocycles. The predicted molar refractivity (Wildman–Crippen MR) is 110 cm³/mol. The van der Waals surface area contributed by atoms with Crippen LogP contribution in [-0.4, -0.2) is 25.9 Å². The van der Waals surface area contributed by atoms with Crippen LogP contribution in [0.5, 0.6) is 0 Å². The molecule has 3 aromatic carbocycles. The molecule has 2 heterocycles. The second kappa shape index (κ2) is 6.29. The molecule has 0 saturated heterocycles. The van der Waals surface area contributed by atoms with Crippen LogP contribution in [0.4, 0.5) is 5.69 Å². The topological polar surface area (TPSA) is 79.4 Å². The summed E-state index contributed by atoms with van der Waals surface area (Å²) in [5.41, 5.74) is 1.43. The van der Waals surface area contributed by atoms with Gasteiger partial charge in [-0.25, -0.2) is 13.4 Å². The number of carbonyl (C=O) groups is 1. The molecule has 5 rings (SSSR count). The van der Waals surface area contributed by atoms with Gasteiger partial charge in [-0.05, 0) is 29.7 Å². The van der Waals surface area contributed by atoms with Crippen LogP contribution in [-0.2, 0) is 21.4 Å². The Labute approximate surface area is 165 Å². The van der Waals surface area contributed by atoms with Gasteiger partial charge in [0.15, 0.2) is 0 Å². The zero-order valence-electron chi connectivity index (χ0n) is 14.6. The van der Waals surface area contributed by atoms with E-state index < -0.39 is 10.0 Å². The second-order valence-corrected chi connectivity index (χ2v) is 9.44. The highest BCUT2D eigenvalue weighted by atomic mass is 32.2. The van der Waals surface area contributed by atoms with Crippen LogP contribution < -0.4 is 9.62 Å². The number of aromatic nitrogens is 1. The lowest BCUT2D eigenvalue weighted by molar-refractivity contribution is -0.119. The average molecular weight is 409 g/mol. The zero-order valence-corrected chi connectivity index (χ0v) is 16.3. The van der Waals surface area contributed by atoms with Crippen LogP contribution in [0.1, 0.15) is 5.01 Å². The van der Waals surface area contributed by atoms with Crippen LogP contribution in [0.25, 0.3) is 21.0 Å². The SMILES string of the molecule is O=C(CN1c2cccc3cccc(c23)S1(=O)=O)NCc1nc2ccccc2s1. The van der Waals surface area contributed by atoms with Gasteiger partial charge in [-0.15, -0.1) is 11.3 Å². The maximum Gasteiger partial charge on any atom is 0.265 e. The van der Waals surface area contributed by atoms with Crippen LogP contribution in [0.2, 0.25) is 0 Å². The van der Waals surface area contributed by atoms with E-state index in [0.29, 0.717) is 11.1 Å². The number of thiazole rings is 1. The monoisotopic (exact) mass is 409 g/mol. The number of fused-ring (bicyclic) bond motifs is 1. The highest BCUT2D eigenvalue weighted by Crippen LogP contribution is 2.41. The van der Waals surface area contributed by atoms with Crippen LogP contribution in [0, 0.1) is 0 Å². The Kier molecular flexibility index (Phi) is 3.85. The van der Waals surface area contributed by atoms with Gasteiger partial charge in [0.2, 0.25) is 5.91 Å². The first-order valence-electron chi connectivity index (χ1n) is 8.70. The van der Waals surface area contributed by atoms with Crippen molar-refractivity contribution in [3.63, 3.8) is 0 Å². The minimum absolute atomic E-state index is 0.250. The summed E-state index contributed by atoms with van der Waals surface area (Å²) in [7, 11) is -3.74. The second-order valence-electron chi connectivity index (χ2n) is 6.50. The molecular weight excluding hydrogens is 394 g/mol. The van der Waals surface area contributed by atoms with Gasteiger partial charge >= 0.3 is 0 Å². The molecule has 8 heteroatoms. The van der Waals surface area contributed by atoms with Gasteiger partial charge in [0.25, 0.3) is 10.0 Å². The summed E-state index contributed by atoms with van der Waals surface area (Å²) in [6.45, 7) is 0.00420. The fraction of sp³-hybridized carbons (Fsp3) is 0.100. The van der Waals surface area contributed by atoms with E-state index in [1.807, 2.05) is 36.4 Å². The molecule has 1 N–H and O–H groups in total. The summed E-state index contributed by atoms with van der Waals surface area (Å²) >= 11 is 1.51. The molecule has 4 aromatic rings. The fourth-order valence-corrected chi connectivity index (χ4v) is 6.06. The van der Waals surface area contributed by atoms with Crippen molar-refractivity contribution in [2.24, 2.45) is 0 Å². The van der Waals surface area contributed by atoms with Gasteiger partial charge < -0.3 is 5.32 Å². The Morgan fingerprint density at radius 1 is 1.04 bits per heavy atom. The van der Waals surface area contributed by atoms with Crippen LogP contribution in [0.15, 0.2) is 65.6 Å². The molecule has 0 aliphatic carbocycles. The number of rotatable bonds is 4. The van der Waals surface area contributed by atoms with E-state index in [4.69, 9.17) is 0 Å². The minimum atomic E-state index is -3.74. The van der Waals surface area contributed by atoms with E-state index in [0.717, 1.165) is 20.6 Å². The molecule has 0 unspecified atom stereocenters. The van der Waals surface area contributed by atoms with E-state index >= 15 is 0 Å². The third-order valence-corrected chi connectivity index (χ3v) is 7.58. The quantitative estimate of drug-likeness (QED) is 0.561. The molecule has 28 heavy (non-hydrogen) atoms. The first-order valence-corrected chi connectivity index (χ1v) is 11.0. The summed E-state index contributed by atoms with van der Waals surface area (Å²) in [5.74, 6) is -0.368. The molecule has 0 atom stereocenters. The Balaban J connectivity index is 1.37. The molecule has 1 aromatic heterocycles. The Bertz CT molecular complexity index is 1310. The normalized spacial score (nSPS) is 14.6. The maximum absolute atomic E-state index is 12.9. The first kappa shape index (κ1) is 17.2. The van der Waals surface area contributed by atoms with Gasteiger partial charge in [-0.1, -0.05) is 36.4 Å². The minimum Gasteiger partial charge on any atom is -0.348 e. The van der Waals surface area contributed by atoms with Gasteiger partial charge in [-0.3, -0.25) is 9.10 Å². The highest BCUT2D eigenvalue weighted by Gasteiger charge is 2.36. The van der Waals surface area contributed by atoms with Gasteiger partial charge in [0, 0.05) is 5.39 Å². The van der Waals surface area contributed by atoms with Crippen molar-refractivity contribution in [1.29, 1.82) is 0 Å². The predicted octanol–water partition coefficient (Wildman–Crippen LogP) is 3.27. The van der Waals surface area contributed by atoms with Crippen molar-refractivity contribution < 1.29 is 13.2 Å². The van der Waals surface area contributed by atoms with Crippen molar-refractivity contribution >= 4 is 53.9 Å². The van der Waals surface area contributed by atoms with Crippen molar-refractivity contribution in [3.05, 3.63) is 65.7 Å². The van der Waals surface area contributed by atoms with Crippen molar-refractivity contribution in [2.45, 2.75) is 11.4 Å². The van der Waals surface area contributed by atoms with Crippen molar-refractivity contribution in [2.75, 3.05) is 10.8 Å².